The number of benzene rings is 3. The summed E-state index contributed by atoms with van der Waals surface area (Å²) < 4.78 is 11.8. The Morgan fingerprint density at radius 2 is 1.70 bits per heavy atom. The van der Waals surface area contributed by atoms with Gasteiger partial charge in [-0.3, -0.25) is 4.79 Å². The van der Waals surface area contributed by atoms with Crippen LogP contribution in [0.15, 0.2) is 84.9 Å². The second-order valence-electron chi connectivity index (χ2n) is 7.93. The van der Waals surface area contributed by atoms with Crippen molar-refractivity contribution in [1.29, 1.82) is 0 Å². The lowest BCUT2D eigenvalue weighted by Crippen LogP contribution is -2.48. The summed E-state index contributed by atoms with van der Waals surface area (Å²) >= 11 is 0. The lowest BCUT2D eigenvalue weighted by atomic mass is 10.0. The molecule has 1 aliphatic heterocycles. The fraction of sp³-hybridized carbons (Fsp3) is 0.192. The smallest absolute Gasteiger partial charge is 0.251 e. The van der Waals surface area contributed by atoms with Crippen LogP contribution in [0.25, 0.3) is 6.08 Å². The zero-order chi connectivity index (χ0) is 21.0. The molecule has 1 aliphatic rings. The number of para-hydroxylation sites is 2. The highest BCUT2D eigenvalue weighted by Crippen LogP contribution is 2.36. The number of ether oxygens (including phenoxy) is 2. The molecule has 4 nitrogen and oxygen atoms in total. The summed E-state index contributed by atoms with van der Waals surface area (Å²) in [7, 11) is 0. The summed E-state index contributed by atoms with van der Waals surface area (Å²) in [5, 5.41) is 0. The molecule has 0 aromatic heterocycles. The van der Waals surface area contributed by atoms with E-state index in [0.29, 0.717) is 13.2 Å². The van der Waals surface area contributed by atoms with E-state index in [1.807, 2.05) is 98.8 Å². The molecule has 1 heterocycles. The summed E-state index contributed by atoms with van der Waals surface area (Å²) in [4.78, 5) is 14.7. The molecule has 4 heteroatoms. The van der Waals surface area contributed by atoms with Crippen molar-refractivity contribution in [2.45, 2.75) is 26.1 Å². The largest absolute Gasteiger partial charge is 0.489 e. The molecule has 4 rings (SSSR count). The summed E-state index contributed by atoms with van der Waals surface area (Å²) in [6, 6.07) is 25.4. The predicted octanol–water partition coefficient (Wildman–Crippen LogP) is 5.48. The van der Waals surface area contributed by atoms with Crippen LogP contribution in [-0.4, -0.2) is 18.1 Å². The Labute approximate surface area is 177 Å². The van der Waals surface area contributed by atoms with Gasteiger partial charge in [-0.15, -0.1) is 0 Å². The highest BCUT2D eigenvalue weighted by Gasteiger charge is 2.33. The van der Waals surface area contributed by atoms with Crippen molar-refractivity contribution in [3.05, 3.63) is 96.1 Å². The Morgan fingerprint density at radius 1 is 1.00 bits per heavy atom. The topological polar surface area (TPSA) is 38.8 Å². The second kappa shape index (κ2) is 8.46. The molecular weight excluding hydrogens is 374 g/mol. The number of carbonyl (C=O) groups excluding carboxylic acids is 1. The average Bonchev–Trinajstić information content (AvgIpc) is 2.76. The molecule has 0 fully saturated rings. The fourth-order valence-corrected chi connectivity index (χ4v) is 3.43. The third-order valence-corrected chi connectivity index (χ3v) is 4.89. The predicted molar refractivity (Wildman–Crippen MR) is 120 cm³/mol. The van der Waals surface area contributed by atoms with Crippen molar-refractivity contribution < 1.29 is 14.3 Å². The van der Waals surface area contributed by atoms with Gasteiger partial charge < -0.3 is 14.4 Å². The molecule has 0 unspecified atom stereocenters. The molecule has 1 amide bonds. The molecule has 3 aromatic rings. The van der Waals surface area contributed by atoms with Crippen LogP contribution in [-0.2, 0) is 11.4 Å². The van der Waals surface area contributed by atoms with Gasteiger partial charge in [0.2, 0.25) is 0 Å². The summed E-state index contributed by atoms with van der Waals surface area (Å²) in [5.41, 5.74) is 2.43. The van der Waals surface area contributed by atoms with Gasteiger partial charge in [-0.2, -0.15) is 0 Å². The molecule has 0 saturated heterocycles. The molecule has 0 saturated carbocycles. The summed E-state index contributed by atoms with van der Waals surface area (Å²) in [6.45, 7) is 5.00. The Bertz CT molecular complexity index is 1040. The Morgan fingerprint density at radius 3 is 2.47 bits per heavy atom. The van der Waals surface area contributed by atoms with Crippen molar-refractivity contribution in [1.82, 2.24) is 0 Å². The monoisotopic (exact) mass is 399 g/mol. The van der Waals surface area contributed by atoms with E-state index in [1.165, 1.54) is 0 Å². The zero-order valence-corrected chi connectivity index (χ0v) is 17.2. The Hall–Kier alpha value is -3.53. The Balaban J connectivity index is 1.42. The van der Waals surface area contributed by atoms with Crippen LogP contribution in [0, 0.1) is 0 Å². The lowest BCUT2D eigenvalue weighted by molar-refractivity contribution is -0.115. The van der Waals surface area contributed by atoms with Gasteiger partial charge >= 0.3 is 0 Å². The molecule has 152 valence electrons. The van der Waals surface area contributed by atoms with Gasteiger partial charge in [-0.05, 0) is 55.3 Å². The number of nitrogens with zero attached hydrogens (tertiary/aromatic N) is 1. The van der Waals surface area contributed by atoms with E-state index in [9.17, 15) is 4.79 Å². The van der Waals surface area contributed by atoms with Crippen molar-refractivity contribution in [3.8, 4) is 11.5 Å². The van der Waals surface area contributed by atoms with Gasteiger partial charge in [0, 0.05) is 6.08 Å². The number of rotatable bonds is 5. The number of carbonyl (C=O) groups is 1. The first-order valence-electron chi connectivity index (χ1n) is 10.0. The van der Waals surface area contributed by atoms with E-state index in [-0.39, 0.29) is 5.91 Å². The van der Waals surface area contributed by atoms with E-state index >= 15 is 0 Å². The van der Waals surface area contributed by atoms with E-state index in [1.54, 1.807) is 11.0 Å². The standard InChI is InChI=1S/C26H25NO3/c1-26(2)19-27(23-10-6-7-11-24(23)30-26)25(28)17-14-20-12-15-22(16-13-20)29-18-21-8-4-3-5-9-21/h3-17H,18-19H2,1-2H3/b17-14+. The Kier molecular flexibility index (Phi) is 5.57. The second-order valence-corrected chi connectivity index (χ2v) is 7.93. The average molecular weight is 399 g/mol. The minimum absolute atomic E-state index is 0.0665. The normalized spacial score (nSPS) is 14.8. The number of fused-ring (bicyclic) bond motifs is 1. The van der Waals surface area contributed by atoms with Gasteiger partial charge in [0.15, 0.2) is 0 Å². The van der Waals surface area contributed by atoms with Gasteiger partial charge in [-0.1, -0.05) is 54.6 Å². The van der Waals surface area contributed by atoms with Crippen LogP contribution in [0.2, 0.25) is 0 Å². The van der Waals surface area contributed by atoms with Crippen molar-refractivity contribution in [3.63, 3.8) is 0 Å². The van der Waals surface area contributed by atoms with E-state index in [0.717, 1.165) is 28.3 Å². The number of hydrogen-bond acceptors (Lipinski definition) is 3. The van der Waals surface area contributed by atoms with Crippen molar-refractivity contribution in [2.75, 3.05) is 11.4 Å². The van der Waals surface area contributed by atoms with Crippen molar-refractivity contribution in [2.24, 2.45) is 0 Å². The molecule has 0 aliphatic carbocycles. The van der Waals surface area contributed by atoms with E-state index in [2.05, 4.69) is 0 Å². The third-order valence-electron chi connectivity index (χ3n) is 4.89. The van der Waals surface area contributed by atoms with Gasteiger partial charge in [0.05, 0.1) is 12.2 Å². The maximum Gasteiger partial charge on any atom is 0.251 e. The maximum absolute atomic E-state index is 12.9. The SMILES string of the molecule is CC1(C)CN(C(=O)/C=C/c2ccc(OCc3ccccc3)cc2)c2ccccc2O1. The van der Waals surface area contributed by atoms with E-state index < -0.39 is 5.60 Å². The van der Waals surface area contributed by atoms with Crippen LogP contribution in [0.4, 0.5) is 5.69 Å². The number of amides is 1. The summed E-state index contributed by atoms with van der Waals surface area (Å²) in [6.07, 6.45) is 3.44. The van der Waals surface area contributed by atoms with E-state index in [4.69, 9.17) is 9.47 Å². The fourth-order valence-electron chi connectivity index (χ4n) is 3.43. The first-order valence-corrected chi connectivity index (χ1v) is 10.0. The molecule has 0 bridgehead atoms. The molecule has 3 aromatic carbocycles. The van der Waals surface area contributed by atoms with Crippen molar-refractivity contribution >= 4 is 17.7 Å². The minimum atomic E-state index is -0.435. The highest BCUT2D eigenvalue weighted by atomic mass is 16.5. The zero-order valence-electron chi connectivity index (χ0n) is 17.2. The lowest BCUT2D eigenvalue weighted by Gasteiger charge is -2.39. The first kappa shape index (κ1) is 19.8. The molecule has 0 spiro atoms. The number of hydrogen-bond donors (Lipinski definition) is 0. The maximum atomic E-state index is 12.9. The third kappa shape index (κ3) is 4.71. The van der Waals surface area contributed by atoms with Crippen LogP contribution < -0.4 is 14.4 Å². The minimum Gasteiger partial charge on any atom is -0.489 e. The number of anilines is 1. The van der Waals surface area contributed by atoms with Gasteiger partial charge in [-0.25, -0.2) is 0 Å². The van der Waals surface area contributed by atoms with Crippen LogP contribution >= 0.6 is 0 Å². The molecule has 0 atom stereocenters. The first-order chi connectivity index (χ1) is 14.5. The molecule has 0 N–H and O–H groups in total. The van der Waals surface area contributed by atoms with Crippen LogP contribution in [0.3, 0.4) is 0 Å². The quantitative estimate of drug-likeness (QED) is 0.533. The molecular formula is C26H25NO3. The van der Waals surface area contributed by atoms with Crippen LogP contribution in [0.5, 0.6) is 11.5 Å². The van der Waals surface area contributed by atoms with Gasteiger partial charge in [0.25, 0.3) is 5.91 Å². The molecule has 30 heavy (non-hydrogen) atoms. The van der Waals surface area contributed by atoms with Crippen LogP contribution in [0.1, 0.15) is 25.0 Å². The van der Waals surface area contributed by atoms with Gasteiger partial charge in [0.1, 0.15) is 23.7 Å². The summed E-state index contributed by atoms with van der Waals surface area (Å²) in [5.74, 6) is 1.46. The molecule has 0 radical (unpaired) electrons. The highest BCUT2D eigenvalue weighted by molar-refractivity contribution is 6.05.